The molecule has 0 saturated carbocycles. The van der Waals surface area contributed by atoms with Gasteiger partial charge in [0.05, 0.1) is 5.52 Å². The van der Waals surface area contributed by atoms with Gasteiger partial charge in [0.1, 0.15) is 0 Å². The van der Waals surface area contributed by atoms with Gasteiger partial charge in [0.25, 0.3) is 0 Å². The number of hydrogen-bond donors (Lipinski definition) is 2. The molecule has 2 N–H and O–H groups in total. The van der Waals surface area contributed by atoms with E-state index in [2.05, 4.69) is 15.6 Å². The quantitative estimate of drug-likeness (QED) is 0.865. The fourth-order valence-electron chi connectivity index (χ4n) is 1.87. The molecule has 0 aliphatic carbocycles. The lowest BCUT2D eigenvalue weighted by Crippen LogP contribution is -2.30. The number of pyridine rings is 1. The zero-order valence-electron chi connectivity index (χ0n) is 11.3. The first-order chi connectivity index (χ1) is 9.20. The third-order valence-corrected chi connectivity index (χ3v) is 3.02. The van der Waals surface area contributed by atoms with Gasteiger partial charge in [0, 0.05) is 29.7 Å². The number of amides is 1. The molecule has 1 heterocycles. The van der Waals surface area contributed by atoms with Gasteiger partial charge in [-0.25, -0.2) is 0 Å². The minimum atomic E-state index is -0.0513. The molecule has 1 aromatic heterocycles. The summed E-state index contributed by atoms with van der Waals surface area (Å²) in [6.07, 6.45) is 1.76. The lowest BCUT2D eigenvalue weighted by molar-refractivity contribution is -0.119. The average Bonchev–Trinajstić information content (AvgIpc) is 2.44. The second kappa shape index (κ2) is 6.29. The van der Waals surface area contributed by atoms with E-state index in [1.807, 2.05) is 44.2 Å². The van der Waals surface area contributed by atoms with Crippen LogP contribution in [0, 0.1) is 5.92 Å². The van der Waals surface area contributed by atoms with Crippen LogP contribution in [0.25, 0.3) is 10.9 Å². The lowest BCUT2D eigenvalue weighted by atomic mass is 10.1. The van der Waals surface area contributed by atoms with Gasteiger partial charge in [-0.1, -0.05) is 19.9 Å². The van der Waals surface area contributed by atoms with Crippen LogP contribution >= 0.6 is 0 Å². The molecule has 0 saturated heterocycles. The van der Waals surface area contributed by atoms with Crippen molar-refractivity contribution in [2.45, 2.75) is 13.8 Å². The van der Waals surface area contributed by atoms with E-state index in [9.17, 15) is 4.79 Å². The minimum Gasteiger partial charge on any atom is -0.326 e. The summed E-state index contributed by atoms with van der Waals surface area (Å²) in [5.41, 5.74) is 1.75. The van der Waals surface area contributed by atoms with Crippen LogP contribution in [0.4, 0.5) is 5.69 Å². The summed E-state index contributed by atoms with van der Waals surface area (Å²) in [5, 5.41) is 7.14. The standard InChI is InChI=1S/C15H19N3O/c1-3-16-10-11(2)15(19)18-13-6-7-14-12(9-13)5-4-8-17-14/h4-9,11,16H,3,10H2,1-2H3,(H,18,19). The van der Waals surface area contributed by atoms with Crippen molar-refractivity contribution in [3.05, 3.63) is 36.5 Å². The fraction of sp³-hybridized carbons (Fsp3) is 0.333. The van der Waals surface area contributed by atoms with Crippen LogP contribution in [0.15, 0.2) is 36.5 Å². The average molecular weight is 257 g/mol. The first-order valence-corrected chi connectivity index (χ1v) is 6.57. The number of carbonyl (C=O) groups excluding carboxylic acids is 1. The van der Waals surface area contributed by atoms with E-state index in [1.165, 1.54) is 0 Å². The third-order valence-electron chi connectivity index (χ3n) is 3.02. The number of benzene rings is 1. The molecule has 1 amide bonds. The van der Waals surface area contributed by atoms with E-state index >= 15 is 0 Å². The molecule has 0 aliphatic rings. The second-order valence-corrected chi connectivity index (χ2v) is 4.61. The van der Waals surface area contributed by atoms with E-state index in [-0.39, 0.29) is 11.8 Å². The van der Waals surface area contributed by atoms with Crippen LogP contribution in [-0.2, 0) is 4.79 Å². The zero-order valence-corrected chi connectivity index (χ0v) is 11.3. The Balaban J connectivity index is 2.06. The topological polar surface area (TPSA) is 54.0 Å². The van der Waals surface area contributed by atoms with Gasteiger partial charge in [-0.3, -0.25) is 9.78 Å². The Bertz CT molecular complexity index is 568. The van der Waals surface area contributed by atoms with Crippen molar-refractivity contribution < 1.29 is 4.79 Å². The van der Waals surface area contributed by atoms with Gasteiger partial charge < -0.3 is 10.6 Å². The number of hydrogen-bond acceptors (Lipinski definition) is 3. The number of fused-ring (bicyclic) bond motifs is 1. The molecule has 0 fully saturated rings. The predicted molar refractivity (Wildman–Crippen MR) is 78.1 cm³/mol. The van der Waals surface area contributed by atoms with Gasteiger partial charge >= 0.3 is 0 Å². The maximum atomic E-state index is 12.0. The highest BCUT2D eigenvalue weighted by Gasteiger charge is 2.12. The number of rotatable bonds is 5. The maximum Gasteiger partial charge on any atom is 0.228 e. The van der Waals surface area contributed by atoms with Crippen LogP contribution in [0.5, 0.6) is 0 Å². The lowest BCUT2D eigenvalue weighted by Gasteiger charge is -2.12. The summed E-state index contributed by atoms with van der Waals surface area (Å²) in [7, 11) is 0. The highest BCUT2D eigenvalue weighted by molar-refractivity contribution is 5.94. The minimum absolute atomic E-state index is 0.0317. The monoisotopic (exact) mass is 257 g/mol. The molecular formula is C15H19N3O. The number of aromatic nitrogens is 1. The van der Waals surface area contributed by atoms with Crippen LogP contribution in [-0.4, -0.2) is 24.0 Å². The molecule has 1 unspecified atom stereocenters. The molecule has 0 aliphatic heterocycles. The van der Waals surface area contributed by atoms with Crippen molar-refractivity contribution in [1.82, 2.24) is 10.3 Å². The summed E-state index contributed by atoms with van der Waals surface area (Å²) < 4.78 is 0. The third kappa shape index (κ3) is 3.51. The Morgan fingerprint density at radius 3 is 3.00 bits per heavy atom. The molecule has 0 bridgehead atoms. The van der Waals surface area contributed by atoms with Crippen molar-refractivity contribution >= 4 is 22.5 Å². The van der Waals surface area contributed by atoms with Crippen molar-refractivity contribution in [2.24, 2.45) is 5.92 Å². The van der Waals surface area contributed by atoms with E-state index in [1.54, 1.807) is 6.20 Å². The van der Waals surface area contributed by atoms with Crippen molar-refractivity contribution in [1.29, 1.82) is 0 Å². The van der Waals surface area contributed by atoms with E-state index in [0.29, 0.717) is 6.54 Å². The van der Waals surface area contributed by atoms with Gasteiger partial charge in [-0.05, 0) is 30.8 Å². The van der Waals surface area contributed by atoms with Gasteiger partial charge in [-0.15, -0.1) is 0 Å². The van der Waals surface area contributed by atoms with Crippen LogP contribution < -0.4 is 10.6 Å². The summed E-state index contributed by atoms with van der Waals surface area (Å²) in [6.45, 7) is 5.51. The van der Waals surface area contributed by atoms with Crippen LogP contribution in [0.3, 0.4) is 0 Å². The molecule has 19 heavy (non-hydrogen) atoms. The Labute approximate surface area is 113 Å². The highest BCUT2D eigenvalue weighted by atomic mass is 16.1. The van der Waals surface area contributed by atoms with E-state index in [0.717, 1.165) is 23.1 Å². The van der Waals surface area contributed by atoms with Crippen LogP contribution in [0.1, 0.15) is 13.8 Å². The second-order valence-electron chi connectivity index (χ2n) is 4.61. The molecule has 1 aromatic carbocycles. The van der Waals surface area contributed by atoms with Crippen LogP contribution in [0.2, 0.25) is 0 Å². The Hall–Kier alpha value is -1.94. The smallest absolute Gasteiger partial charge is 0.228 e. The van der Waals surface area contributed by atoms with Gasteiger partial charge in [-0.2, -0.15) is 0 Å². The van der Waals surface area contributed by atoms with Crippen molar-refractivity contribution in [3.8, 4) is 0 Å². The maximum absolute atomic E-state index is 12.0. The normalized spacial score (nSPS) is 12.3. The fourth-order valence-corrected chi connectivity index (χ4v) is 1.87. The summed E-state index contributed by atoms with van der Waals surface area (Å²) in [4.78, 5) is 16.2. The molecule has 0 radical (unpaired) electrons. The summed E-state index contributed by atoms with van der Waals surface area (Å²) >= 11 is 0. The van der Waals surface area contributed by atoms with E-state index in [4.69, 9.17) is 0 Å². The zero-order chi connectivity index (χ0) is 13.7. The summed E-state index contributed by atoms with van der Waals surface area (Å²) in [5.74, 6) is -0.0197. The van der Waals surface area contributed by atoms with Gasteiger partial charge in [0.15, 0.2) is 0 Å². The Morgan fingerprint density at radius 2 is 2.21 bits per heavy atom. The number of anilines is 1. The molecule has 2 rings (SSSR count). The van der Waals surface area contributed by atoms with Crippen molar-refractivity contribution in [2.75, 3.05) is 18.4 Å². The SMILES string of the molecule is CCNCC(C)C(=O)Nc1ccc2ncccc2c1. The number of nitrogens with one attached hydrogen (secondary N) is 2. The Kier molecular flexibility index (Phi) is 4.47. The van der Waals surface area contributed by atoms with Crippen molar-refractivity contribution in [3.63, 3.8) is 0 Å². The molecule has 2 aromatic rings. The number of carbonyl (C=O) groups is 1. The number of nitrogens with zero attached hydrogens (tertiary/aromatic N) is 1. The molecule has 4 heteroatoms. The Morgan fingerprint density at radius 1 is 1.37 bits per heavy atom. The molecule has 1 atom stereocenters. The molecule has 100 valence electrons. The first kappa shape index (κ1) is 13.5. The van der Waals surface area contributed by atoms with Gasteiger partial charge in [0.2, 0.25) is 5.91 Å². The molecular weight excluding hydrogens is 238 g/mol. The molecule has 4 nitrogen and oxygen atoms in total. The summed E-state index contributed by atoms with van der Waals surface area (Å²) in [6, 6.07) is 9.62. The molecule has 0 spiro atoms. The first-order valence-electron chi connectivity index (χ1n) is 6.57. The largest absolute Gasteiger partial charge is 0.326 e. The predicted octanol–water partition coefficient (Wildman–Crippen LogP) is 2.42. The highest BCUT2D eigenvalue weighted by Crippen LogP contribution is 2.17. The van der Waals surface area contributed by atoms with E-state index < -0.39 is 0 Å².